The average molecular weight is 301 g/mol. The van der Waals surface area contributed by atoms with E-state index < -0.39 is 19.8 Å². The van der Waals surface area contributed by atoms with E-state index in [1.54, 1.807) is 38.1 Å². The van der Waals surface area contributed by atoms with Crippen LogP contribution in [0, 0.1) is 0 Å². The summed E-state index contributed by atoms with van der Waals surface area (Å²) in [4.78, 5) is 11.4. The summed E-state index contributed by atoms with van der Waals surface area (Å²) in [5, 5.41) is 2.56. The molecule has 2 atom stereocenters. The number of hydrogen-bond donors (Lipinski definition) is 1. The third-order valence-electron chi connectivity index (χ3n) is 2.22. The molecule has 0 bridgehead atoms. The Hall–Kier alpha value is -1.36. The third-order valence-corrected chi connectivity index (χ3v) is 4.08. The fraction of sp³-hybridized carbons (Fsp3) is 0.462. The Kier molecular flexibility index (Phi) is 6.20. The molecule has 7 heteroatoms. The van der Waals surface area contributed by atoms with Gasteiger partial charge in [-0.25, -0.2) is 4.57 Å². The van der Waals surface area contributed by atoms with Gasteiger partial charge in [0, 0.05) is 0 Å². The second-order valence-electron chi connectivity index (χ2n) is 4.43. The topological polar surface area (TPSA) is 73.9 Å². The van der Waals surface area contributed by atoms with Crippen LogP contribution in [0.25, 0.3) is 0 Å². The minimum atomic E-state index is -3.67. The van der Waals surface area contributed by atoms with Gasteiger partial charge in [-0.2, -0.15) is 5.09 Å². The molecule has 0 aliphatic carbocycles. The van der Waals surface area contributed by atoms with Crippen molar-refractivity contribution in [2.45, 2.75) is 32.9 Å². The normalized spacial score (nSPS) is 15.4. The van der Waals surface area contributed by atoms with Crippen LogP contribution in [0.5, 0.6) is 5.75 Å². The van der Waals surface area contributed by atoms with Gasteiger partial charge >= 0.3 is 13.7 Å². The average Bonchev–Trinajstić information content (AvgIpc) is 2.37. The number of carbonyl (C=O) groups excluding carboxylic acids is 1. The maximum absolute atomic E-state index is 12.7. The lowest BCUT2D eigenvalue weighted by Crippen LogP contribution is -2.35. The SMILES string of the molecule is COC(=O)[C@H](C)NP(=O)(Oc1ccccc1)OC(C)C. The van der Waals surface area contributed by atoms with E-state index in [9.17, 15) is 9.36 Å². The van der Waals surface area contributed by atoms with Gasteiger partial charge in [-0.3, -0.25) is 9.32 Å². The summed E-state index contributed by atoms with van der Waals surface area (Å²) in [6, 6.07) is 7.80. The quantitative estimate of drug-likeness (QED) is 0.616. The number of nitrogens with one attached hydrogen (secondary N) is 1. The maximum atomic E-state index is 12.7. The molecule has 1 unspecified atom stereocenters. The van der Waals surface area contributed by atoms with Crippen molar-refractivity contribution in [3.63, 3.8) is 0 Å². The van der Waals surface area contributed by atoms with E-state index in [1.807, 2.05) is 6.07 Å². The standard InChI is InChI=1S/C13H20NO5P/c1-10(2)18-20(16,14-11(3)13(15)17-4)19-12-8-6-5-7-9-12/h5-11H,1-4H3,(H,14,16)/t11-,20?/m0/s1. The Bertz CT molecular complexity index is 477. The minimum absolute atomic E-state index is 0.332. The highest BCUT2D eigenvalue weighted by atomic mass is 31.2. The summed E-state index contributed by atoms with van der Waals surface area (Å²) in [5.74, 6) is -0.157. The number of hydrogen-bond acceptors (Lipinski definition) is 5. The molecule has 0 saturated carbocycles. The third kappa shape index (κ3) is 5.33. The number of methoxy groups -OCH3 is 1. The first kappa shape index (κ1) is 16.7. The molecule has 0 amide bonds. The van der Waals surface area contributed by atoms with Gasteiger partial charge in [0.15, 0.2) is 0 Å². The molecule has 20 heavy (non-hydrogen) atoms. The monoisotopic (exact) mass is 301 g/mol. The van der Waals surface area contributed by atoms with Gasteiger partial charge in [0.1, 0.15) is 11.8 Å². The fourth-order valence-electron chi connectivity index (χ4n) is 1.44. The molecule has 1 N–H and O–H groups in total. The van der Waals surface area contributed by atoms with Crippen molar-refractivity contribution in [2.24, 2.45) is 0 Å². The second-order valence-corrected chi connectivity index (χ2v) is 6.08. The molecule has 0 radical (unpaired) electrons. The van der Waals surface area contributed by atoms with Crippen LogP contribution in [-0.4, -0.2) is 25.2 Å². The van der Waals surface area contributed by atoms with Crippen LogP contribution >= 0.6 is 7.75 Å². The molecule has 6 nitrogen and oxygen atoms in total. The molecule has 112 valence electrons. The Balaban J connectivity index is 2.86. The zero-order chi connectivity index (χ0) is 15.2. The van der Waals surface area contributed by atoms with Gasteiger partial charge < -0.3 is 9.26 Å². The van der Waals surface area contributed by atoms with Crippen LogP contribution in [-0.2, 0) is 18.6 Å². The van der Waals surface area contributed by atoms with Gasteiger partial charge in [0.2, 0.25) is 0 Å². The lowest BCUT2D eigenvalue weighted by atomic mass is 10.3. The largest absolute Gasteiger partial charge is 0.468 e. The molecule has 1 rings (SSSR count). The Morgan fingerprint density at radius 3 is 2.30 bits per heavy atom. The highest BCUT2D eigenvalue weighted by molar-refractivity contribution is 7.52. The van der Waals surface area contributed by atoms with Gasteiger partial charge in [-0.1, -0.05) is 18.2 Å². The first-order chi connectivity index (χ1) is 9.36. The van der Waals surface area contributed by atoms with Gasteiger partial charge in [-0.05, 0) is 32.9 Å². The highest BCUT2D eigenvalue weighted by Crippen LogP contribution is 2.45. The van der Waals surface area contributed by atoms with Crippen molar-refractivity contribution in [2.75, 3.05) is 7.11 Å². The predicted octanol–water partition coefficient (Wildman–Crippen LogP) is 2.75. The van der Waals surface area contributed by atoms with E-state index in [0.29, 0.717) is 5.75 Å². The molecule has 0 aromatic heterocycles. The number of esters is 1. The zero-order valence-electron chi connectivity index (χ0n) is 12.0. The van der Waals surface area contributed by atoms with Crippen LogP contribution in [0.2, 0.25) is 0 Å². The lowest BCUT2D eigenvalue weighted by Gasteiger charge is -2.23. The van der Waals surface area contributed by atoms with E-state index in [1.165, 1.54) is 14.0 Å². The summed E-state index contributed by atoms with van der Waals surface area (Å²) in [5.41, 5.74) is 0. The maximum Gasteiger partial charge on any atom is 0.459 e. The van der Waals surface area contributed by atoms with Crippen LogP contribution in [0.3, 0.4) is 0 Å². The number of benzene rings is 1. The van der Waals surface area contributed by atoms with Crippen molar-refractivity contribution in [1.82, 2.24) is 5.09 Å². The van der Waals surface area contributed by atoms with Crippen molar-refractivity contribution >= 4 is 13.7 Å². The van der Waals surface area contributed by atoms with Gasteiger partial charge in [0.05, 0.1) is 13.2 Å². The van der Waals surface area contributed by atoms with E-state index in [2.05, 4.69) is 9.82 Å². The van der Waals surface area contributed by atoms with E-state index >= 15 is 0 Å². The lowest BCUT2D eigenvalue weighted by molar-refractivity contribution is -0.142. The molecule has 0 fully saturated rings. The van der Waals surface area contributed by atoms with E-state index in [-0.39, 0.29) is 6.10 Å². The van der Waals surface area contributed by atoms with Crippen LogP contribution < -0.4 is 9.61 Å². The van der Waals surface area contributed by atoms with Crippen LogP contribution in [0.1, 0.15) is 20.8 Å². The molecule has 1 aromatic rings. The summed E-state index contributed by atoms with van der Waals surface area (Å²) in [7, 11) is -2.41. The Morgan fingerprint density at radius 2 is 1.80 bits per heavy atom. The summed E-state index contributed by atoms with van der Waals surface area (Å²) in [6.07, 6.45) is -0.332. The van der Waals surface area contributed by atoms with Crippen molar-refractivity contribution < 1.29 is 23.1 Å². The first-order valence-corrected chi connectivity index (χ1v) is 7.79. The zero-order valence-corrected chi connectivity index (χ0v) is 12.9. The predicted molar refractivity (Wildman–Crippen MR) is 75.5 cm³/mol. The molecule has 0 heterocycles. The fourth-order valence-corrected chi connectivity index (χ4v) is 3.13. The molecule has 0 saturated heterocycles. The Morgan fingerprint density at radius 1 is 1.20 bits per heavy atom. The molecule has 0 aliphatic rings. The van der Waals surface area contributed by atoms with Crippen LogP contribution in [0.4, 0.5) is 0 Å². The summed E-state index contributed by atoms with van der Waals surface area (Å²) in [6.45, 7) is 4.98. The number of para-hydroxylation sites is 1. The highest BCUT2D eigenvalue weighted by Gasteiger charge is 2.32. The van der Waals surface area contributed by atoms with Crippen LogP contribution in [0.15, 0.2) is 30.3 Å². The summed E-state index contributed by atoms with van der Waals surface area (Å²) >= 11 is 0. The van der Waals surface area contributed by atoms with Crippen molar-refractivity contribution in [3.8, 4) is 5.75 Å². The molecular formula is C13H20NO5P. The van der Waals surface area contributed by atoms with Crippen molar-refractivity contribution in [1.29, 1.82) is 0 Å². The molecular weight excluding hydrogens is 281 g/mol. The first-order valence-electron chi connectivity index (χ1n) is 6.25. The van der Waals surface area contributed by atoms with E-state index in [4.69, 9.17) is 9.05 Å². The van der Waals surface area contributed by atoms with Crippen molar-refractivity contribution in [3.05, 3.63) is 30.3 Å². The smallest absolute Gasteiger partial charge is 0.459 e. The van der Waals surface area contributed by atoms with Gasteiger partial charge in [-0.15, -0.1) is 0 Å². The summed E-state index contributed by atoms with van der Waals surface area (Å²) < 4.78 is 28.0. The van der Waals surface area contributed by atoms with Gasteiger partial charge in [0.25, 0.3) is 0 Å². The molecule has 1 aromatic carbocycles. The minimum Gasteiger partial charge on any atom is -0.468 e. The molecule has 0 aliphatic heterocycles. The van der Waals surface area contributed by atoms with E-state index in [0.717, 1.165) is 0 Å². The number of rotatable bonds is 7. The number of carbonyl (C=O) groups is 1. The second kappa shape index (κ2) is 7.43. The number of ether oxygens (including phenoxy) is 1. The molecule has 0 spiro atoms. The Labute approximate surface area is 119 Å².